The molecule has 2 aliphatic heterocycles. The fourth-order valence-electron chi connectivity index (χ4n) is 5.17. The average molecular weight is 621 g/mol. The number of hydrazine groups is 1. The normalized spacial score (nSPS) is 16.3. The Labute approximate surface area is 258 Å². The molecule has 2 N–H and O–H groups in total. The van der Waals surface area contributed by atoms with Crippen molar-refractivity contribution in [3.05, 3.63) is 65.0 Å². The van der Waals surface area contributed by atoms with E-state index in [2.05, 4.69) is 32.5 Å². The summed E-state index contributed by atoms with van der Waals surface area (Å²) in [6, 6.07) is 13.9. The van der Waals surface area contributed by atoms with E-state index in [4.69, 9.17) is 4.52 Å². The van der Waals surface area contributed by atoms with E-state index in [1.807, 2.05) is 42.3 Å². The quantitative estimate of drug-likeness (QED) is 0.353. The zero-order valence-electron chi connectivity index (χ0n) is 24.2. The highest BCUT2D eigenvalue weighted by Gasteiger charge is 2.28. The Kier molecular flexibility index (Phi) is 11.7. The van der Waals surface area contributed by atoms with E-state index in [1.165, 1.54) is 11.1 Å². The number of carbonyl (C=O) groups excluding carboxylic acids is 2. The molecule has 2 aliphatic rings. The van der Waals surface area contributed by atoms with Crippen molar-refractivity contribution in [3.8, 4) is 11.4 Å². The molecule has 42 heavy (non-hydrogen) atoms. The molecule has 1 atom stereocenters. The largest absolute Gasteiger partial charge is 0.392 e. The summed E-state index contributed by atoms with van der Waals surface area (Å²) in [5.41, 5.74) is 4.96. The molecule has 0 saturated carbocycles. The number of nitrogens with one attached hydrogen (secondary N) is 1. The summed E-state index contributed by atoms with van der Waals surface area (Å²) < 4.78 is 5.10. The van der Waals surface area contributed by atoms with E-state index >= 15 is 0 Å². The van der Waals surface area contributed by atoms with E-state index in [-0.39, 0.29) is 55.8 Å². The Morgan fingerprint density at radius 1 is 1.10 bits per heavy atom. The van der Waals surface area contributed by atoms with Gasteiger partial charge in [0.15, 0.2) is 0 Å². The molecule has 0 bridgehead atoms. The van der Waals surface area contributed by atoms with Crippen LogP contribution < -0.4 is 5.32 Å². The van der Waals surface area contributed by atoms with Gasteiger partial charge in [0.2, 0.25) is 17.6 Å². The van der Waals surface area contributed by atoms with Crippen molar-refractivity contribution in [2.24, 2.45) is 0 Å². The SMILES string of the molecule is Cc1nc(-c2ccc(C)c(NCC(=O)N(CCN3CCC(O)C3)CC(=O)N(C)N3Cc4ccccc4C3)c2)no1.Cl.Cl. The molecule has 13 heteroatoms. The van der Waals surface area contributed by atoms with Gasteiger partial charge in [-0.15, -0.1) is 24.8 Å². The molecule has 0 aliphatic carbocycles. The Morgan fingerprint density at radius 3 is 2.43 bits per heavy atom. The number of aliphatic hydroxyl groups is 1. The maximum absolute atomic E-state index is 13.5. The van der Waals surface area contributed by atoms with Crippen molar-refractivity contribution in [1.82, 2.24) is 30.0 Å². The second kappa shape index (κ2) is 14.8. The summed E-state index contributed by atoms with van der Waals surface area (Å²) >= 11 is 0. The highest BCUT2D eigenvalue weighted by Crippen LogP contribution is 2.24. The van der Waals surface area contributed by atoms with Gasteiger partial charge in [0, 0.05) is 64.5 Å². The van der Waals surface area contributed by atoms with E-state index in [1.54, 1.807) is 23.9 Å². The number of aryl methyl sites for hydroxylation is 2. The second-order valence-corrected chi connectivity index (χ2v) is 10.6. The van der Waals surface area contributed by atoms with Crippen LogP contribution in [0.4, 0.5) is 5.69 Å². The number of fused-ring (bicyclic) bond motifs is 1. The number of hydrogen-bond donors (Lipinski definition) is 2. The smallest absolute Gasteiger partial charge is 0.256 e. The average Bonchev–Trinajstić information content (AvgIpc) is 3.69. The van der Waals surface area contributed by atoms with Crippen LogP contribution in [-0.2, 0) is 22.7 Å². The van der Waals surface area contributed by atoms with Gasteiger partial charge >= 0.3 is 0 Å². The van der Waals surface area contributed by atoms with Crippen molar-refractivity contribution in [3.63, 3.8) is 0 Å². The van der Waals surface area contributed by atoms with E-state index in [9.17, 15) is 14.7 Å². The molecular formula is C29H39Cl2N7O4. The van der Waals surface area contributed by atoms with Crippen molar-refractivity contribution in [2.75, 3.05) is 51.6 Å². The number of anilines is 1. The maximum Gasteiger partial charge on any atom is 0.256 e. The van der Waals surface area contributed by atoms with Crippen LogP contribution in [0.1, 0.15) is 29.0 Å². The first kappa shape index (κ1) is 33.3. The van der Waals surface area contributed by atoms with Gasteiger partial charge in [-0.2, -0.15) is 4.98 Å². The number of β-amino-alcohol motifs (C(OH)–C–C–N with tert-alkyl or cyclic N) is 1. The fourth-order valence-corrected chi connectivity index (χ4v) is 5.17. The van der Waals surface area contributed by atoms with Crippen LogP contribution in [0.25, 0.3) is 11.4 Å². The lowest BCUT2D eigenvalue weighted by Gasteiger charge is -2.31. The first-order chi connectivity index (χ1) is 19.3. The van der Waals surface area contributed by atoms with Crippen LogP contribution in [0.15, 0.2) is 47.0 Å². The minimum Gasteiger partial charge on any atom is -0.392 e. The van der Waals surface area contributed by atoms with Gasteiger partial charge < -0.3 is 19.8 Å². The lowest BCUT2D eigenvalue weighted by Crippen LogP contribution is -2.49. The van der Waals surface area contributed by atoms with Crippen molar-refractivity contribution in [2.45, 2.75) is 39.5 Å². The van der Waals surface area contributed by atoms with Crippen molar-refractivity contribution in [1.29, 1.82) is 0 Å². The zero-order valence-corrected chi connectivity index (χ0v) is 25.8. The van der Waals surface area contributed by atoms with E-state index < -0.39 is 0 Å². The highest BCUT2D eigenvalue weighted by atomic mass is 35.5. The van der Waals surface area contributed by atoms with Crippen molar-refractivity contribution >= 4 is 42.3 Å². The van der Waals surface area contributed by atoms with E-state index in [0.717, 1.165) is 29.8 Å². The third-order valence-electron chi connectivity index (χ3n) is 7.68. The summed E-state index contributed by atoms with van der Waals surface area (Å²) in [5, 5.41) is 20.8. The summed E-state index contributed by atoms with van der Waals surface area (Å²) in [5.74, 6) is 0.646. The standard InChI is InChI=1S/C29H37N7O4.2ClH/c1-20-8-9-22(29-31-21(2)40-32-29)14-26(20)30-15-27(38)35(13-12-34-11-10-25(37)18-34)19-28(39)33(3)36-16-23-6-4-5-7-24(23)17-36;;/h4-9,14,25,30,37H,10-13,15-19H2,1-3H3;2*1H. The minimum atomic E-state index is -0.339. The number of carbonyl (C=O) groups is 2. The minimum absolute atomic E-state index is 0. The van der Waals surface area contributed by atoms with Crippen LogP contribution in [0.5, 0.6) is 0 Å². The van der Waals surface area contributed by atoms with Crippen LogP contribution in [0.3, 0.4) is 0 Å². The molecule has 1 saturated heterocycles. The molecular weight excluding hydrogens is 581 g/mol. The molecule has 3 aromatic rings. The summed E-state index contributed by atoms with van der Waals surface area (Å²) in [6.45, 7) is 7.39. The first-order valence-electron chi connectivity index (χ1n) is 13.7. The molecule has 5 rings (SSSR count). The van der Waals surface area contributed by atoms with Gasteiger partial charge in [0.05, 0.1) is 12.6 Å². The first-order valence-corrected chi connectivity index (χ1v) is 13.7. The molecule has 1 aromatic heterocycles. The molecule has 0 radical (unpaired) electrons. The van der Waals surface area contributed by atoms with Crippen LogP contribution >= 0.6 is 24.8 Å². The third-order valence-corrected chi connectivity index (χ3v) is 7.68. The molecule has 1 unspecified atom stereocenters. The number of rotatable bonds is 10. The van der Waals surface area contributed by atoms with Gasteiger partial charge in [0.1, 0.15) is 6.54 Å². The lowest BCUT2D eigenvalue weighted by atomic mass is 10.1. The maximum atomic E-state index is 13.5. The summed E-state index contributed by atoms with van der Waals surface area (Å²) in [6.07, 6.45) is 0.385. The predicted molar refractivity (Wildman–Crippen MR) is 164 cm³/mol. The Hall–Kier alpha value is -3.22. The number of halogens is 2. The Balaban J connectivity index is 0.00000242. The molecule has 2 amide bonds. The Bertz CT molecular complexity index is 1350. The van der Waals surface area contributed by atoms with Gasteiger partial charge in [-0.1, -0.05) is 41.6 Å². The van der Waals surface area contributed by atoms with Gasteiger partial charge in [-0.25, -0.2) is 5.01 Å². The summed E-state index contributed by atoms with van der Waals surface area (Å²) in [7, 11) is 1.76. The molecule has 2 aromatic carbocycles. The van der Waals surface area contributed by atoms with Crippen LogP contribution in [0, 0.1) is 13.8 Å². The van der Waals surface area contributed by atoms with Crippen molar-refractivity contribution < 1.29 is 19.2 Å². The number of aromatic nitrogens is 2. The topological polar surface area (TPSA) is 118 Å². The predicted octanol–water partition coefficient (Wildman–Crippen LogP) is 2.89. The number of likely N-dealkylation sites (tertiary alicyclic amines) is 1. The molecule has 1 fully saturated rings. The van der Waals surface area contributed by atoms with Gasteiger partial charge in [0.25, 0.3) is 5.91 Å². The second-order valence-electron chi connectivity index (χ2n) is 10.6. The number of hydrogen-bond acceptors (Lipinski definition) is 9. The highest BCUT2D eigenvalue weighted by molar-refractivity contribution is 5.87. The molecule has 0 spiro atoms. The molecule has 3 heterocycles. The number of aliphatic hydroxyl groups excluding tert-OH is 1. The number of amides is 2. The number of benzene rings is 2. The van der Waals surface area contributed by atoms with Crippen LogP contribution in [0.2, 0.25) is 0 Å². The molecule has 11 nitrogen and oxygen atoms in total. The van der Waals surface area contributed by atoms with Gasteiger partial charge in [-0.05, 0) is 36.1 Å². The number of likely N-dealkylation sites (N-methyl/N-ethyl adjacent to an activating group) is 1. The van der Waals surface area contributed by atoms with Gasteiger partial charge in [-0.3, -0.25) is 19.5 Å². The molecule has 228 valence electrons. The fraction of sp³-hybridized carbons (Fsp3) is 0.448. The third kappa shape index (κ3) is 7.99. The van der Waals surface area contributed by atoms with Crippen LogP contribution in [-0.4, -0.2) is 99.3 Å². The lowest BCUT2D eigenvalue weighted by molar-refractivity contribution is -0.151. The summed E-state index contributed by atoms with van der Waals surface area (Å²) in [4.78, 5) is 34.9. The zero-order chi connectivity index (χ0) is 28.2. The monoisotopic (exact) mass is 619 g/mol. The van der Waals surface area contributed by atoms with E-state index in [0.29, 0.717) is 44.4 Å². The number of nitrogens with zero attached hydrogens (tertiary/aromatic N) is 6. The Morgan fingerprint density at radius 2 is 1.81 bits per heavy atom.